The van der Waals surface area contributed by atoms with Gasteiger partial charge in [0, 0.05) is 53.0 Å². The number of amides is 5. The van der Waals surface area contributed by atoms with Gasteiger partial charge in [0.05, 0.1) is 50.3 Å². The fourth-order valence-corrected chi connectivity index (χ4v) is 9.33. The maximum Gasteiger partial charge on any atom is 0.323 e. The Morgan fingerprint density at radius 3 is 1.70 bits per heavy atom. The van der Waals surface area contributed by atoms with Crippen LogP contribution in [0.2, 0.25) is 0 Å². The van der Waals surface area contributed by atoms with Gasteiger partial charge in [0.15, 0.2) is 6.29 Å². The van der Waals surface area contributed by atoms with Gasteiger partial charge in [-0.15, -0.1) is 0 Å². The second kappa shape index (κ2) is 24.4. The summed E-state index contributed by atoms with van der Waals surface area (Å²) in [6, 6.07) is 25.9. The van der Waals surface area contributed by atoms with Gasteiger partial charge in [-0.3, -0.25) is 33.6 Å². The van der Waals surface area contributed by atoms with E-state index in [1.54, 1.807) is 27.1 Å². The van der Waals surface area contributed by atoms with Crippen LogP contribution in [0.15, 0.2) is 104 Å². The molecule has 4 aromatic rings. The molecular formula is C54H70N8O12. The Bertz CT molecular complexity index is 2480. The van der Waals surface area contributed by atoms with E-state index in [0.717, 1.165) is 21.6 Å². The summed E-state index contributed by atoms with van der Waals surface area (Å²) in [7, 11) is 2.78. The fraction of sp³-hybridized carbons (Fsp3) is 0.481. The van der Waals surface area contributed by atoms with Gasteiger partial charge in [-0.05, 0) is 58.2 Å². The number of piperazine rings is 2. The zero-order chi connectivity index (χ0) is 54.0. The van der Waals surface area contributed by atoms with E-state index in [2.05, 4.69) is 0 Å². The van der Waals surface area contributed by atoms with Crippen molar-refractivity contribution in [1.29, 1.82) is 0 Å². The number of carbonyl (C=O) groups excluding carboxylic acids is 6. The van der Waals surface area contributed by atoms with Crippen molar-refractivity contribution in [2.24, 2.45) is 5.73 Å². The predicted molar refractivity (Wildman–Crippen MR) is 271 cm³/mol. The number of aliphatic carboxylic acids is 1. The molecule has 3 N–H and O–H groups in total. The van der Waals surface area contributed by atoms with Crippen LogP contribution in [0.4, 0.5) is 0 Å². The number of imidazole rings is 1. The summed E-state index contributed by atoms with van der Waals surface area (Å²) < 4.78 is 24.1. The molecule has 20 heteroatoms. The highest BCUT2D eigenvalue weighted by molar-refractivity contribution is 5.96. The normalized spacial score (nSPS) is 17.1. The fourth-order valence-electron chi connectivity index (χ4n) is 9.33. The van der Waals surface area contributed by atoms with Crippen LogP contribution in [0.1, 0.15) is 70.3 Å². The molecule has 2 aliphatic rings. The monoisotopic (exact) mass is 1020 g/mol. The minimum absolute atomic E-state index is 0.0862. The third kappa shape index (κ3) is 13.8. The first-order valence-corrected chi connectivity index (χ1v) is 24.6. The van der Waals surface area contributed by atoms with Gasteiger partial charge < -0.3 is 58.9 Å². The zero-order valence-corrected chi connectivity index (χ0v) is 43.5. The van der Waals surface area contributed by atoms with Crippen molar-refractivity contribution < 1.29 is 57.6 Å². The van der Waals surface area contributed by atoms with Crippen LogP contribution in [0.25, 0.3) is 0 Å². The standard InChI is InChI=1S/C54H70N8O12/c1-52(2,3)73-35-41(55)49(68)59(34-48(71-7)72-8)32-45(64)61-26-24-57(31-44(63)62-27-25-58(33-46(65)66)51(70)43(62)29-47(67)74-53(4,5)6)50(69)42(61)28-40-30-60(36-56-40)54(37-18-12-9-13-19-37,38-20-14-10-15-21-38)39-22-16-11-17-23-39/h9-23,30,36,41-43,48H,24-29,31-35,55H2,1-8H3,(H,65,66)/t41-,42-,43-/m0/s1. The Morgan fingerprint density at radius 2 is 1.22 bits per heavy atom. The van der Waals surface area contributed by atoms with Crippen molar-refractivity contribution in [3.63, 3.8) is 0 Å². The van der Waals surface area contributed by atoms with Crippen molar-refractivity contribution in [3.8, 4) is 0 Å². The molecule has 1 aromatic heterocycles. The number of carboxylic acid groups (broad SMARTS) is 1. The average Bonchev–Trinajstić information content (AvgIpc) is 3.83. The summed E-state index contributed by atoms with van der Waals surface area (Å²) in [4.78, 5) is 108. The lowest BCUT2D eigenvalue weighted by Gasteiger charge is -2.43. The maximum atomic E-state index is 15.1. The first-order chi connectivity index (χ1) is 35.1. The zero-order valence-electron chi connectivity index (χ0n) is 43.5. The molecule has 0 aliphatic carbocycles. The van der Waals surface area contributed by atoms with Gasteiger partial charge in [-0.1, -0.05) is 91.0 Å². The molecule has 0 unspecified atom stereocenters. The number of esters is 1. The Kier molecular flexibility index (Phi) is 18.5. The van der Waals surface area contributed by atoms with E-state index in [1.165, 1.54) is 33.8 Å². The molecule has 20 nitrogen and oxygen atoms in total. The number of carbonyl (C=O) groups is 7. The van der Waals surface area contributed by atoms with Crippen molar-refractivity contribution >= 4 is 41.5 Å². The van der Waals surface area contributed by atoms with E-state index in [0.29, 0.717) is 5.69 Å². The Morgan fingerprint density at radius 1 is 0.716 bits per heavy atom. The van der Waals surface area contributed by atoms with E-state index in [9.17, 15) is 33.9 Å². The summed E-state index contributed by atoms with van der Waals surface area (Å²) in [5.41, 5.74) is 7.06. The Labute approximate surface area is 432 Å². The lowest BCUT2D eigenvalue weighted by Crippen LogP contribution is -2.64. The van der Waals surface area contributed by atoms with Gasteiger partial charge in [0.25, 0.3) is 0 Å². The molecular weight excluding hydrogens is 953 g/mol. The quantitative estimate of drug-likeness (QED) is 0.0694. The molecule has 5 amide bonds. The average molecular weight is 1020 g/mol. The minimum atomic E-state index is -1.41. The van der Waals surface area contributed by atoms with Gasteiger partial charge >= 0.3 is 11.9 Å². The number of carboxylic acids is 1. The van der Waals surface area contributed by atoms with E-state index >= 15 is 4.79 Å². The van der Waals surface area contributed by atoms with Crippen LogP contribution >= 0.6 is 0 Å². The second-order valence-electron chi connectivity index (χ2n) is 20.3. The predicted octanol–water partition coefficient (Wildman–Crippen LogP) is 2.75. The van der Waals surface area contributed by atoms with Crippen LogP contribution in [-0.4, -0.2) is 189 Å². The van der Waals surface area contributed by atoms with Gasteiger partial charge in [0.1, 0.15) is 35.8 Å². The highest BCUT2D eigenvalue weighted by atomic mass is 16.7. The van der Waals surface area contributed by atoms with Gasteiger partial charge in [-0.25, -0.2) is 4.98 Å². The Hall–Kier alpha value is -7.00. The lowest BCUT2D eigenvalue weighted by molar-refractivity contribution is -0.165. The minimum Gasteiger partial charge on any atom is -0.480 e. The lowest BCUT2D eigenvalue weighted by atomic mass is 9.77. The third-order valence-corrected chi connectivity index (χ3v) is 12.8. The first-order valence-electron chi connectivity index (χ1n) is 24.6. The molecule has 2 saturated heterocycles. The molecule has 6 rings (SSSR count). The summed E-state index contributed by atoms with van der Waals surface area (Å²) in [5.74, 6) is -5.32. The summed E-state index contributed by atoms with van der Waals surface area (Å²) in [6.07, 6.45) is 1.90. The van der Waals surface area contributed by atoms with Crippen LogP contribution in [-0.2, 0) is 64.5 Å². The van der Waals surface area contributed by atoms with E-state index in [-0.39, 0.29) is 45.8 Å². The smallest absolute Gasteiger partial charge is 0.323 e. The van der Waals surface area contributed by atoms with Gasteiger partial charge in [0.2, 0.25) is 29.5 Å². The topological polar surface area (TPSA) is 237 Å². The molecule has 2 aliphatic heterocycles. The molecule has 0 bridgehead atoms. The van der Waals surface area contributed by atoms with Crippen molar-refractivity contribution in [1.82, 2.24) is 34.1 Å². The summed E-state index contributed by atoms with van der Waals surface area (Å²) in [5, 5.41) is 9.54. The molecule has 3 atom stereocenters. The number of ether oxygens (including phenoxy) is 4. The van der Waals surface area contributed by atoms with Crippen molar-refractivity contribution in [2.45, 2.75) is 95.5 Å². The van der Waals surface area contributed by atoms with E-state index in [4.69, 9.17) is 29.7 Å². The van der Waals surface area contributed by atoms with Crippen LogP contribution < -0.4 is 5.73 Å². The van der Waals surface area contributed by atoms with E-state index in [1.807, 2.05) is 123 Å². The number of benzene rings is 3. The molecule has 398 valence electrons. The summed E-state index contributed by atoms with van der Waals surface area (Å²) >= 11 is 0. The first kappa shape index (κ1) is 56.3. The number of hydrogen-bond donors (Lipinski definition) is 2. The maximum absolute atomic E-state index is 15.1. The molecule has 0 saturated carbocycles. The second-order valence-corrected chi connectivity index (χ2v) is 20.3. The van der Waals surface area contributed by atoms with Crippen LogP contribution in [0.5, 0.6) is 0 Å². The Balaban J connectivity index is 1.37. The number of nitrogens with zero attached hydrogens (tertiary/aromatic N) is 7. The molecule has 3 heterocycles. The number of nitrogens with two attached hydrogens (primary N) is 1. The number of aromatic nitrogens is 2. The van der Waals surface area contributed by atoms with E-state index < -0.39 is 109 Å². The SMILES string of the molecule is COC(CN(CC(=O)N1CCN(CC(=O)N2CCN(CC(=O)O)C(=O)[C@@H]2CC(=O)OC(C)(C)C)C(=O)[C@@H]1Cc1cn(C(c2ccccc2)(c2ccccc2)c2ccccc2)cn1)C(=O)[C@@H](N)COC(C)(C)C)OC. The molecule has 0 spiro atoms. The molecule has 2 fully saturated rings. The summed E-state index contributed by atoms with van der Waals surface area (Å²) in [6.45, 7) is 7.89. The van der Waals surface area contributed by atoms with Crippen molar-refractivity contribution in [2.75, 3.05) is 73.2 Å². The molecule has 0 radical (unpaired) electrons. The largest absolute Gasteiger partial charge is 0.480 e. The number of methoxy groups -OCH3 is 2. The van der Waals surface area contributed by atoms with Crippen LogP contribution in [0.3, 0.4) is 0 Å². The molecule has 3 aromatic carbocycles. The van der Waals surface area contributed by atoms with Gasteiger partial charge in [-0.2, -0.15) is 0 Å². The number of rotatable bonds is 21. The highest BCUT2D eigenvalue weighted by Crippen LogP contribution is 2.41. The number of hydrogen-bond acceptors (Lipinski definition) is 13. The third-order valence-electron chi connectivity index (χ3n) is 12.8. The van der Waals surface area contributed by atoms with Crippen LogP contribution in [0, 0.1) is 0 Å². The molecule has 74 heavy (non-hydrogen) atoms. The van der Waals surface area contributed by atoms with Crippen molar-refractivity contribution in [3.05, 3.63) is 126 Å². The highest BCUT2D eigenvalue weighted by Gasteiger charge is 2.45.